The number of aliphatic hydroxyl groups is 4. The molecule has 0 bridgehead atoms. The van der Waals surface area contributed by atoms with Crippen molar-refractivity contribution in [3.05, 3.63) is 97.1 Å². The zero-order valence-electron chi connectivity index (χ0n) is 30.8. The summed E-state index contributed by atoms with van der Waals surface area (Å²) in [7, 11) is 1.29. The van der Waals surface area contributed by atoms with Crippen LogP contribution >= 0.6 is 0 Å². The molecule has 2 saturated heterocycles. The first-order chi connectivity index (χ1) is 27.6. The molecule has 20 heteroatoms. The molecule has 2 fully saturated rings. The second kappa shape index (κ2) is 17.1. The summed E-state index contributed by atoms with van der Waals surface area (Å²) >= 11 is 0. The van der Waals surface area contributed by atoms with Gasteiger partial charge in [0.2, 0.25) is 1.43 Å². The Kier molecular flexibility index (Phi) is 11.2. The first-order valence-corrected chi connectivity index (χ1v) is 16.5. The summed E-state index contributed by atoms with van der Waals surface area (Å²) in [6.07, 6.45) is -5.64. The molecule has 0 saturated carbocycles. The third-order valence-electron chi connectivity index (χ3n) is 8.57. The van der Waals surface area contributed by atoms with Crippen molar-refractivity contribution in [2.45, 2.75) is 56.1 Å². The van der Waals surface area contributed by atoms with Gasteiger partial charge in [0, 0.05) is 19.6 Å². The van der Waals surface area contributed by atoms with E-state index in [1.165, 1.54) is 41.6 Å². The Morgan fingerprint density at radius 2 is 1.24 bits per heavy atom. The summed E-state index contributed by atoms with van der Waals surface area (Å²) in [5, 5.41) is 37.7. The van der Waals surface area contributed by atoms with Crippen molar-refractivity contribution in [2.24, 2.45) is 0 Å². The average Bonchev–Trinajstić information content (AvgIpc) is 4.00. The van der Waals surface area contributed by atoms with Crippen LogP contribution in [0.2, 0.25) is 0 Å². The number of carbonyl (C=O) groups excluding carboxylic acids is 2. The highest BCUT2D eigenvalue weighted by atomic mass is 19.1. The minimum atomic E-state index is -1.77. The smallest absolute Gasteiger partial charge is 0.256 e. The average molecular weight is 766 g/mol. The fourth-order valence-electron chi connectivity index (χ4n) is 5.80. The first kappa shape index (κ1) is 36.1. The van der Waals surface area contributed by atoms with Gasteiger partial charge in [-0.1, -0.05) is 36.4 Å². The van der Waals surface area contributed by atoms with E-state index in [2.05, 4.69) is 45.6 Å². The monoisotopic (exact) mass is 765 g/mol. The van der Waals surface area contributed by atoms with Gasteiger partial charge in [-0.2, -0.15) is 0 Å². The van der Waals surface area contributed by atoms with Gasteiger partial charge in [0.15, 0.2) is 58.8 Å². The van der Waals surface area contributed by atoms with Gasteiger partial charge in [-0.25, -0.2) is 38.7 Å². The summed E-state index contributed by atoms with van der Waals surface area (Å²) in [5.41, 5.74) is 1.89. The van der Waals surface area contributed by atoms with Crippen molar-refractivity contribution in [2.75, 3.05) is 24.4 Å². The van der Waals surface area contributed by atoms with Crippen LogP contribution in [0.15, 0.2) is 86.0 Å². The normalized spacial score (nSPS) is 24.9. The van der Waals surface area contributed by atoms with Gasteiger partial charge in [-0.3, -0.25) is 18.7 Å². The van der Waals surface area contributed by atoms with Crippen LogP contribution < -0.4 is 10.6 Å². The lowest BCUT2D eigenvalue weighted by Gasteiger charge is -2.15. The number of ether oxygens (including phenoxy) is 2. The van der Waals surface area contributed by atoms with E-state index in [9.17, 15) is 33.7 Å². The molecule has 8 rings (SSSR count). The maximum absolute atomic E-state index is 14.4. The summed E-state index contributed by atoms with van der Waals surface area (Å²) < 4.78 is 55.3. The maximum Gasteiger partial charge on any atom is 0.256 e. The Bertz CT molecular complexity index is 2120. The second-order valence-corrected chi connectivity index (χ2v) is 11.9. The van der Waals surface area contributed by atoms with Crippen LogP contribution in [-0.4, -0.2) is 123 Å². The predicted octanol–water partition coefficient (Wildman–Crippen LogP) is 1.97. The number of halogens is 2. The zero-order chi connectivity index (χ0) is 40.6. The molecule has 2 aliphatic heterocycles. The minimum Gasteiger partial charge on any atom is -0.400 e. The van der Waals surface area contributed by atoms with Gasteiger partial charge in [0.1, 0.15) is 31.0 Å². The Morgan fingerprint density at radius 1 is 0.782 bits per heavy atom. The van der Waals surface area contributed by atoms with Crippen molar-refractivity contribution < 1.29 is 49.6 Å². The molecule has 2 aromatic carbocycles. The number of alkyl halides is 2. The highest BCUT2D eigenvalue weighted by Gasteiger charge is 2.46. The number of anilines is 2. The summed E-state index contributed by atoms with van der Waals surface area (Å²) in [6, 6.07) is 17.2. The Morgan fingerprint density at radius 3 is 1.65 bits per heavy atom. The molecule has 2 aliphatic rings. The third-order valence-corrected chi connectivity index (χ3v) is 8.57. The van der Waals surface area contributed by atoms with Crippen LogP contribution in [0.4, 0.5) is 20.4 Å². The zero-order valence-corrected chi connectivity index (χ0v) is 28.8. The van der Waals surface area contributed by atoms with Crippen LogP contribution in [0, 0.1) is 0 Å². The third kappa shape index (κ3) is 7.85. The van der Waals surface area contributed by atoms with Crippen molar-refractivity contribution in [3.8, 4) is 0 Å². The van der Waals surface area contributed by atoms with Crippen molar-refractivity contribution in [3.63, 3.8) is 0 Å². The molecule has 288 valence electrons. The van der Waals surface area contributed by atoms with E-state index < -0.39 is 55.8 Å². The molecule has 4 aromatic heterocycles. The SMILES string of the molecule is O=C(Nc1ncnc2c1ncn2[C@@H]1O[C@H](CO)[C@@H](O)[C@H]1F)c1ccccc1.[2H]C[C@H]1O[C@@H](n2cnc3c(NC(=O)c4ccccc4)ncnc32)[C@H](F)[C@@H]1O.[3H]OC. The molecule has 6 heterocycles. The summed E-state index contributed by atoms with van der Waals surface area (Å²) in [4.78, 5) is 49.3. The van der Waals surface area contributed by atoms with Crippen LogP contribution in [0.25, 0.3) is 22.3 Å². The summed E-state index contributed by atoms with van der Waals surface area (Å²) in [6.45, 7) is -0.782. The number of imidazole rings is 2. The maximum atomic E-state index is 14.4. The van der Waals surface area contributed by atoms with E-state index in [1.807, 2.05) is 0 Å². The standard InChI is InChI=1S/C17H16FN5O4.C17H16FN5O3.CH4O/c18-11-13(25)10(6-24)27-17(11)23-8-21-12-14(19-7-20-15(12)23)22-16(26)9-4-2-1-3-5-9;1-9-13(24)11(18)17(26-9)23-8-21-12-14(19-7-20-15(12)23)22-16(25)10-5-3-2-4-6-10;1-2/h1-5,7-8,10-11,13,17,24-25H,6H2,(H,19,20,22,26);2-9,11,13,17,24H,1H3,(H,19,20,22,25);2H,1H3/t10-,11-,13-,17-;9-,11-,13-,17-;/m11./s1/i;1D;2T. The lowest BCUT2D eigenvalue weighted by Crippen LogP contribution is -2.30. The molecule has 6 aromatic rings. The van der Waals surface area contributed by atoms with Crippen LogP contribution in [0.3, 0.4) is 0 Å². The molecule has 55 heavy (non-hydrogen) atoms. The van der Waals surface area contributed by atoms with Crippen molar-refractivity contribution in [1.82, 2.24) is 39.0 Å². The number of hydrogen-bond acceptors (Lipinski definition) is 14. The topological polar surface area (TPSA) is 245 Å². The van der Waals surface area contributed by atoms with Crippen molar-refractivity contribution in [1.29, 1.82) is 1.43 Å². The molecule has 8 atom stereocenters. The molecular formula is C35H36F2N10O8. The van der Waals surface area contributed by atoms with Gasteiger partial charge >= 0.3 is 0 Å². The van der Waals surface area contributed by atoms with E-state index in [4.69, 9.17) is 12.3 Å². The Labute approximate surface area is 313 Å². The van der Waals surface area contributed by atoms with Gasteiger partial charge in [-0.15, -0.1) is 0 Å². The number of nitrogens with zero attached hydrogens (tertiary/aromatic N) is 8. The minimum absolute atomic E-state index is 0.167. The number of hydrogen-bond donors (Lipinski definition) is 6. The van der Waals surface area contributed by atoms with E-state index in [1.54, 1.807) is 60.7 Å². The van der Waals surface area contributed by atoms with E-state index in [-0.39, 0.29) is 52.7 Å². The molecular weight excluding hydrogens is 726 g/mol. The number of nitrogens with one attached hydrogen (secondary N) is 2. The van der Waals surface area contributed by atoms with Gasteiger partial charge < -0.3 is 40.5 Å². The van der Waals surface area contributed by atoms with Crippen molar-refractivity contribution >= 4 is 45.8 Å². The number of aliphatic hydroxyl groups excluding tert-OH is 4. The number of fused-ring (bicyclic) bond motifs is 2. The van der Waals surface area contributed by atoms with Crippen LogP contribution in [0.1, 0.15) is 41.4 Å². The predicted molar refractivity (Wildman–Crippen MR) is 190 cm³/mol. The number of rotatable bonds is 7. The number of amides is 2. The lowest BCUT2D eigenvalue weighted by atomic mass is 10.1. The van der Waals surface area contributed by atoms with E-state index >= 15 is 0 Å². The quantitative estimate of drug-likeness (QED) is 0.136. The van der Waals surface area contributed by atoms with Crippen LogP contribution in [0.5, 0.6) is 0 Å². The Hall–Kier alpha value is -5.90. The number of carbonyl (C=O) groups is 2. The first-order valence-electron chi connectivity index (χ1n) is 17.7. The molecule has 2 amide bonds. The lowest BCUT2D eigenvalue weighted by molar-refractivity contribution is -0.0459. The van der Waals surface area contributed by atoms with E-state index in [0.717, 1.165) is 0 Å². The Balaban J connectivity index is 0.000000180. The number of benzene rings is 2. The fourth-order valence-corrected chi connectivity index (χ4v) is 5.80. The molecule has 0 aliphatic carbocycles. The fraction of sp³-hybridized carbons (Fsp3) is 0.314. The highest BCUT2D eigenvalue weighted by molar-refractivity contribution is 6.07. The van der Waals surface area contributed by atoms with Crippen LogP contribution in [-0.2, 0) is 9.47 Å². The van der Waals surface area contributed by atoms with Gasteiger partial charge in [0.05, 0.1) is 25.4 Å². The van der Waals surface area contributed by atoms with Gasteiger partial charge in [0.25, 0.3) is 11.8 Å². The molecule has 0 unspecified atom stereocenters. The molecule has 6 N–H and O–H groups in total. The van der Waals surface area contributed by atoms with E-state index in [0.29, 0.717) is 11.1 Å². The molecule has 0 radical (unpaired) electrons. The highest BCUT2D eigenvalue weighted by Crippen LogP contribution is 2.35. The summed E-state index contributed by atoms with van der Waals surface area (Å²) in [5.74, 6) is -0.393. The largest absolute Gasteiger partial charge is 0.400 e. The second-order valence-electron chi connectivity index (χ2n) is 11.9. The molecule has 18 nitrogen and oxygen atoms in total. The molecule has 0 spiro atoms. The number of aromatic nitrogens is 8. The van der Waals surface area contributed by atoms with Gasteiger partial charge in [-0.05, 0) is 31.2 Å².